The zero-order chi connectivity index (χ0) is 24.7. The third-order valence-electron chi connectivity index (χ3n) is 5.57. The van der Waals surface area contributed by atoms with Crippen molar-refractivity contribution < 1.29 is 0 Å². The van der Waals surface area contributed by atoms with Crippen LogP contribution in [0.15, 0.2) is 146 Å². The van der Waals surface area contributed by atoms with Gasteiger partial charge in [0, 0.05) is 0 Å². The highest BCUT2D eigenvalue weighted by molar-refractivity contribution is 5.79. The van der Waals surface area contributed by atoms with Crippen molar-refractivity contribution in [3.8, 4) is 0 Å². The van der Waals surface area contributed by atoms with E-state index >= 15 is 0 Å². The highest BCUT2D eigenvalue weighted by Gasteiger charge is 1.95. The van der Waals surface area contributed by atoms with Crippen molar-refractivity contribution in [3.05, 3.63) is 179 Å². The van der Waals surface area contributed by atoms with Crippen LogP contribution in [0.3, 0.4) is 0 Å². The Hall–Kier alpha value is -4.68. The van der Waals surface area contributed by atoms with E-state index in [1.54, 1.807) is 0 Å². The number of rotatable bonds is 6. The highest BCUT2D eigenvalue weighted by Crippen LogP contribution is 2.16. The second-order valence-electron chi connectivity index (χ2n) is 8.27. The van der Waals surface area contributed by atoms with Gasteiger partial charge in [0.2, 0.25) is 0 Å². The topological polar surface area (TPSA) is 0 Å². The lowest BCUT2D eigenvalue weighted by molar-refractivity contribution is 1.61. The summed E-state index contributed by atoms with van der Waals surface area (Å²) in [5, 5.41) is 0. The molecule has 0 atom stereocenters. The van der Waals surface area contributed by atoms with Crippen LogP contribution in [0.25, 0.3) is 36.5 Å². The van der Waals surface area contributed by atoms with E-state index in [-0.39, 0.29) is 0 Å². The van der Waals surface area contributed by atoms with E-state index in [0.29, 0.717) is 0 Å². The summed E-state index contributed by atoms with van der Waals surface area (Å²) in [6.45, 7) is 0. The number of hydrogen-bond donors (Lipinski definition) is 0. The molecule has 0 spiro atoms. The summed E-state index contributed by atoms with van der Waals surface area (Å²) in [5.41, 5.74) is 7.33. The fourth-order valence-corrected chi connectivity index (χ4v) is 3.64. The van der Waals surface area contributed by atoms with E-state index in [9.17, 15) is 0 Å². The first-order valence-corrected chi connectivity index (χ1v) is 12.2. The van der Waals surface area contributed by atoms with Gasteiger partial charge < -0.3 is 0 Å². The van der Waals surface area contributed by atoms with Crippen LogP contribution >= 0.6 is 0 Å². The Morgan fingerprint density at radius 3 is 0.722 bits per heavy atom. The minimum atomic E-state index is 1.21. The van der Waals surface area contributed by atoms with Gasteiger partial charge in [-0.1, -0.05) is 182 Å². The maximum absolute atomic E-state index is 2.17. The van der Waals surface area contributed by atoms with Gasteiger partial charge in [0.15, 0.2) is 0 Å². The second kappa shape index (κ2) is 13.9. The van der Waals surface area contributed by atoms with Gasteiger partial charge in [-0.05, 0) is 33.4 Å². The molecule has 0 aliphatic carbocycles. The van der Waals surface area contributed by atoms with Crippen LogP contribution in [0.2, 0.25) is 0 Å². The molecule has 174 valence electrons. The van der Waals surface area contributed by atoms with Crippen molar-refractivity contribution >= 4 is 36.5 Å². The van der Waals surface area contributed by atoms with Crippen LogP contribution < -0.4 is 0 Å². The predicted molar refractivity (Wildman–Crippen MR) is 159 cm³/mol. The molecule has 5 rings (SSSR count). The molecule has 0 unspecified atom stereocenters. The second-order valence-corrected chi connectivity index (χ2v) is 8.27. The average Bonchev–Trinajstić information content (AvgIpc) is 2.97. The zero-order valence-corrected chi connectivity index (χ0v) is 20.3. The van der Waals surface area contributed by atoms with Gasteiger partial charge in [-0.15, -0.1) is 0 Å². The molecule has 5 aromatic carbocycles. The quantitative estimate of drug-likeness (QED) is 0.220. The zero-order valence-electron chi connectivity index (χ0n) is 20.3. The lowest BCUT2D eigenvalue weighted by atomic mass is 10.0. The molecule has 0 radical (unpaired) electrons. The van der Waals surface area contributed by atoms with E-state index in [1.807, 2.05) is 48.5 Å². The summed E-state index contributed by atoms with van der Waals surface area (Å²) >= 11 is 0. The summed E-state index contributed by atoms with van der Waals surface area (Å²) in [4.78, 5) is 0. The van der Waals surface area contributed by atoms with Crippen LogP contribution in [0.5, 0.6) is 0 Å². The van der Waals surface area contributed by atoms with Crippen LogP contribution in [-0.4, -0.2) is 0 Å². The van der Waals surface area contributed by atoms with E-state index in [1.165, 1.54) is 33.4 Å². The minimum absolute atomic E-state index is 1.21. The summed E-state index contributed by atoms with van der Waals surface area (Å²) in [6, 6.07) is 49.8. The smallest absolute Gasteiger partial charge is 0.0184 e. The third kappa shape index (κ3) is 8.27. The molecule has 0 saturated heterocycles. The normalized spacial score (nSPS) is 11.0. The molecule has 0 amide bonds. The monoisotopic (exact) mass is 462 g/mol. The highest BCUT2D eigenvalue weighted by atomic mass is 14.0. The minimum Gasteiger partial charge on any atom is -0.0622 e. The first kappa shape index (κ1) is 24.4. The molecule has 0 heteroatoms. The van der Waals surface area contributed by atoms with Crippen molar-refractivity contribution in [2.45, 2.75) is 0 Å². The van der Waals surface area contributed by atoms with E-state index in [2.05, 4.69) is 134 Å². The Bertz CT molecular complexity index is 1270. The largest absolute Gasteiger partial charge is 0.0622 e. The maximum atomic E-state index is 2.17. The van der Waals surface area contributed by atoms with Gasteiger partial charge in [-0.3, -0.25) is 0 Å². The fraction of sp³-hybridized carbons (Fsp3) is 0. The standard InChI is InChI=1S/C22H18.C14H12/c1-3-9-19(10-4-1)15-17-21-13-7-8-14-22(21)18-16-20-11-5-2-6-12-20;1-3-7-13(8-4-1)11-12-14-9-5-2-6-10-14/h1-18H;1-12H/b17-15+,18-16+;12-11+. The van der Waals surface area contributed by atoms with Crippen molar-refractivity contribution in [1.29, 1.82) is 0 Å². The average molecular weight is 463 g/mol. The van der Waals surface area contributed by atoms with Crippen LogP contribution in [0, 0.1) is 0 Å². The molecule has 0 aromatic heterocycles. The lowest BCUT2D eigenvalue weighted by Gasteiger charge is -2.01. The first-order valence-electron chi connectivity index (χ1n) is 12.2. The lowest BCUT2D eigenvalue weighted by Crippen LogP contribution is -1.80. The van der Waals surface area contributed by atoms with Crippen molar-refractivity contribution in [3.63, 3.8) is 0 Å². The molecule has 0 bridgehead atoms. The Balaban J connectivity index is 0.000000187. The van der Waals surface area contributed by atoms with E-state index in [4.69, 9.17) is 0 Å². The molecule has 0 nitrogen and oxygen atoms in total. The SMILES string of the molecule is C(=C\c1ccccc1)/c1ccccc1.C(=C\c1ccccc1/C=C/c1ccccc1)/c1ccccc1. The van der Waals surface area contributed by atoms with Gasteiger partial charge in [0.05, 0.1) is 0 Å². The Kier molecular flexibility index (Phi) is 9.43. The van der Waals surface area contributed by atoms with Crippen molar-refractivity contribution in [1.82, 2.24) is 0 Å². The fourth-order valence-electron chi connectivity index (χ4n) is 3.64. The van der Waals surface area contributed by atoms with Gasteiger partial charge >= 0.3 is 0 Å². The molecule has 0 aliphatic rings. The molecule has 0 saturated carbocycles. The molecule has 5 aromatic rings. The van der Waals surface area contributed by atoms with Crippen LogP contribution in [0.4, 0.5) is 0 Å². The maximum Gasteiger partial charge on any atom is -0.0184 e. The molecule has 0 heterocycles. The molecule has 0 fully saturated rings. The first-order chi connectivity index (χ1) is 17.9. The van der Waals surface area contributed by atoms with Crippen LogP contribution in [-0.2, 0) is 0 Å². The van der Waals surface area contributed by atoms with Gasteiger partial charge in [0.25, 0.3) is 0 Å². The predicted octanol–water partition coefficient (Wildman–Crippen LogP) is 9.88. The summed E-state index contributed by atoms with van der Waals surface area (Å²) < 4.78 is 0. The van der Waals surface area contributed by atoms with Crippen molar-refractivity contribution in [2.24, 2.45) is 0 Å². The molecule has 36 heavy (non-hydrogen) atoms. The van der Waals surface area contributed by atoms with Crippen LogP contribution in [0.1, 0.15) is 33.4 Å². The van der Waals surface area contributed by atoms with Crippen molar-refractivity contribution in [2.75, 3.05) is 0 Å². The Morgan fingerprint density at radius 1 is 0.222 bits per heavy atom. The summed E-state index contributed by atoms with van der Waals surface area (Å²) in [5.74, 6) is 0. The molecule has 0 N–H and O–H groups in total. The Labute approximate surface area is 215 Å². The number of hydrogen-bond acceptors (Lipinski definition) is 0. The van der Waals surface area contributed by atoms with E-state index < -0.39 is 0 Å². The number of benzene rings is 5. The molecule has 0 aliphatic heterocycles. The van der Waals surface area contributed by atoms with Gasteiger partial charge in [-0.2, -0.15) is 0 Å². The molecular formula is C36H30. The molecular weight excluding hydrogens is 432 g/mol. The summed E-state index contributed by atoms with van der Waals surface area (Å²) in [6.07, 6.45) is 12.9. The summed E-state index contributed by atoms with van der Waals surface area (Å²) in [7, 11) is 0. The van der Waals surface area contributed by atoms with E-state index in [0.717, 1.165) is 0 Å². The van der Waals surface area contributed by atoms with Gasteiger partial charge in [-0.25, -0.2) is 0 Å². The Morgan fingerprint density at radius 2 is 0.444 bits per heavy atom. The third-order valence-corrected chi connectivity index (χ3v) is 5.57. The van der Waals surface area contributed by atoms with Gasteiger partial charge in [0.1, 0.15) is 0 Å².